The number of hydrogen-bond donors (Lipinski definition) is 2. The van der Waals surface area contributed by atoms with Crippen molar-refractivity contribution in [3.8, 4) is 0 Å². The molecule has 206 valence electrons. The Hall–Kier alpha value is -3.39. The molecule has 4 aliphatic rings. The van der Waals surface area contributed by atoms with Crippen molar-refractivity contribution >= 4 is 5.91 Å². The summed E-state index contributed by atoms with van der Waals surface area (Å²) in [5, 5.41) is 14.9. The highest BCUT2D eigenvalue weighted by molar-refractivity contribution is 5.81. The first-order chi connectivity index (χ1) is 19.0. The third-order valence-electron chi connectivity index (χ3n) is 7.86. The summed E-state index contributed by atoms with van der Waals surface area (Å²) in [4.78, 5) is 15.4. The molecule has 1 aromatic carbocycles. The van der Waals surface area contributed by atoms with Crippen LogP contribution < -0.4 is 5.32 Å². The first kappa shape index (κ1) is 27.2. The number of nitrogens with zero attached hydrogens (tertiary/aromatic N) is 1. The lowest BCUT2D eigenvalue weighted by Gasteiger charge is -2.53. The predicted molar refractivity (Wildman–Crippen MR) is 151 cm³/mol. The van der Waals surface area contributed by atoms with Crippen molar-refractivity contribution in [2.24, 2.45) is 0 Å². The topological polar surface area (TPSA) is 80.3 Å². The van der Waals surface area contributed by atoms with Crippen LogP contribution in [0.25, 0.3) is 0 Å². The SMILES string of the molecule is CCOCCCN1C(=O)CCC2(OCNCc3ccc(C)cc3)C3=CC=CC4=CC(OC)=CC(O)=C(C4=C3)C12. The Morgan fingerprint density at radius 3 is 2.77 bits per heavy atom. The minimum Gasteiger partial charge on any atom is -0.507 e. The smallest absolute Gasteiger partial charge is 0.223 e. The first-order valence-corrected chi connectivity index (χ1v) is 13.8. The molecule has 2 atom stereocenters. The van der Waals surface area contributed by atoms with Crippen LogP contribution in [0.4, 0.5) is 0 Å². The number of fused-ring (bicyclic) bond motifs is 4. The number of benzene rings is 1. The van der Waals surface area contributed by atoms with E-state index < -0.39 is 11.6 Å². The number of aryl methyl sites for hydroxylation is 1. The Morgan fingerprint density at radius 2 is 2.00 bits per heavy atom. The number of aliphatic hydroxyl groups is 1. The van der Waals surface area contributed by atoms with Gasteiger partial charge in [0.25, 0.3) is 0 Å². The van der Waals surface area contributed by atoms with Gasteiger partial charge in [0.2, 0.25) is 5.91 Å². The van der Waals surface area contributed by atoms with Crippen molar-refractivity contribution in [3.63, 3.8) is 0 Å². The molecule has 5 rings (SSSR count). The van der Waals surface area contributed by atoms with Crippen LogP contribution in [-0.2, 0) is 25.5 Å². The van der Waals surface area contributed by atoms with Crippen molar-refractivity contribution in [3.05, 3.63) is 106 Å². The van der Waals surface area contributed by atoms with E-state index in [2.05, 4.69) is 48.7 Å². The zero-order chi connectivity index (χ0) is 27.4. The summed E-state index contributed by atoms with van der Waals surface area (Å²) in [5.41, 5.74) is 5.08. The van der Waals surface area contributed by atoms with Gasteiger partial charge in [-0.05, 0) is 61.1 Å². The van der Waals surface area contributed by atoms with E-state index in [1.165, 1.54) is 11.1 Å². The zero-order valence-electron chi connectivity index (χ0n) is 23.0. The van der Waals surface area contributed by atoms with Gasteiger partial charge in [-0.3, -0.25) is 10.1 Å². The van der Waals surface area contributed by atoms with E-state index in [1.807, 2.05) is 30.1 Å². The molecule has 39 heavy (non-hydrogen) atoms. The maximum absolute atomic E-state index is 13.5. The third kappa shape index (κ3) is 5.39. The predicted octanol–water partition coefficient (Wildman–Crippen LogP) is 4.93. The van der Waals surface area contributed by atoms with E-state index >= 15 is 0 Å². The molecule has 0 saturated carbocycles. The highest BCUT2D eigenvalue weighted by Gasteiger charge is 2.55. The summed E-state index contributed by atoms with van der Waals surface area (Å²) in [6.45, 7) is 6.71. The minimum atomic E-state index is -0.822. The largest absolute Gasteiger partial charge is 0.507 e. The van der Waals surface area contributed by atoms with Crippen molar-refractivity contribution in [2.75, 3.05) is 33.6 Å². The van der Waals surface area contributed by atoms with Gasteiger partial charge in [-0.25, -0.2) is 0 Å². The number of carbonyl (C=O) groups excluding carboxylic acids is 1. The lowest BCUT2D eigenvalue weighted by Crippen LogP contribution is -2.64. The van der Waals surface area contributed by atoms with Gasteiger partial charge in [0.1, 0.15) is 17.1 Å². The van der Waals surface area contributed by atoms with Gasteiger partial charge < -0.3 is 24.2 Å². The Morgan fingerprint density at radius 1 is 1.18 bits per heavy atom. The Balaban J connectivity index is 1.53. The number of hydrogen-bond acceptors (Lipinski definition) is 6. The van der Waals surface area contributed by atoms with Crippen LogP contribution in [0.2, 0.25) is 0 Å². The second-order valence-electron chi connectivity index (χ2n) is 10.3. The summed E-state index contributed by atoms with van der Waals surface area (Å²) in [5.74, 6) is 0.700. The van der Waals surface area contributed by atoms with Crippen molar-refractivity contribution < 1.29 is 24.1 Å². The monoisotopic (exact) mass is 530 g/mol. The number of likely N-dealkylation sites (tertiary alicyclic amines) is 1. The maximum atomic E-state index is 13.5. The van der Waals surface area contributed by atoms with Gasteiger partial charge in [0, 0.05) is 44.4 Å². The Bertz CT molecular complexity index is 1280. The van der Waals surface area contributed by atoms with Crippen molar-refractivity contribution in [1.29, 1.82) is 0 Å². The van der Waals surface area contributed by atoms with Crippen LogP contribution in [0.15, 0.2) is 94.5 Å². The molecule has 2 bridgehead atoms. The molecule has 0 aromatic heterocycles. The van der Waals surface area contributed by atoms with E-state index in [0.29, 0.717) is 63.6 Å². The van der Waals surface area contributed by atoms with Gasteiger partial charge in [0.15, 0.2) is 0 Å². The van der Waals surface area contributed by atoms with Gasteiger partial charge in [-0.2, -0.15) is 0 Å². The van der Waals surface area contributed by atoms with Gasteiger partial charge in [0.05, 0.1) is 19.9 Å². The molecule has 2 N–H and O–H groups in total. The first-order valence-electron chi connectivity index (χ1n) is 13.8. The summed E-state index contributed by atoms with van der Waals surface area (Å²) in [6.07, 6.45) is 13.4. The summed E-state index contributed by atoms with van der Waals surface area (Å²) < 4.78 is 17.9. The Kier molecular flexibility index (Phi) is 8.21. The van der Waals surface area contributed by atoms with E-state index in [4.69, 9.17) is 14.2 Å². The molecule has 1 aromatic rings. The van der Waals surface area contributed by atoms with E-state index in [0.717, 1.165) is 16.7 Å². The molecule has 1 saturated heterocycles. The fraction of sp³-hybridized carbons (Fsp3) is 0.406. The van der Waals surface area contributed by atoms with Crippen LogP contribution in [0, 0.1) is 6.92 Å². The summed E-state index contributed by atoms with van der Waals surface area (Å²) >= 11 is 0. The lowest BCUT2D eigenvalue weighted by molar-refractivity contribution is -0.153. The van der Waals surface area contributed by atoms with E-state index in [-0.39, 0.29) is 11.7 Å². The number of carbonyl (C=O) groups is 1. The van der Waals surface area contributed by atoms with Crippen LogP contribution in [-0.4, -0.2) is 61.2 Å². The van der Waals surface area contributed by atoms with Gasteiger partial charge >= 0.3 is 0 Å². The number of aliphatic hydroxyl groups excluding tert-OH is 1. The molecule has 2 unspecified atom stereocenters. The zero-order valence-corrected chi connectivity index (χ0v) is 23.0. The van der Waals surface area contributed by atoms with Crippen LogP contribution >= 0.6 is 0 Å². The fourth-order valence-corrected chi connectivity index (χ4v) is 5.92. The number of nitrogens with one attached hydrogen (secondary N) is 1. The average Bonchev–Trinajstić information content (AvgIpc) is 3.19. The van der Waals surface area contributed by atoms with Crippen LogP contribution in [0.3, 0.4) is 0 Å². The van der Waals surface area contributed by atoms with Crippen LogP contribution in [0.5, 0.6) is 0 Å². The molecular formula is C32H38N2O5. The molecule has 0 radical (unpaired) electrons. The van der Waals surface area contributed by atoms with Gasteiger partial charge in [-0.1, -0.05) is 48.1 Å². The molecule has 0 spiro atoms. The van der Waals surface area contributed by atoms with Gasteiger partial charge in [-0.15, -0.1) is 0 Å². The number of rotatable bonds is 11. The molecule has 1 amide bonds. The highest BCUT2D eigenvalue weighted by Crippen LogP contribution is 2.51. The average molecular weight is 531 g/mol. The third-order valence-corrected chi connectivity index (χ3v) is 7.86. The molecule has 1 heterocycles. The lowest BCUT2D eigenvalue weighted by atomic mass is 9.68. The van der Waals surface area contributed by atoms with E-state index in [9.17, 15) is 9.90 Å². The van der Waals surface area contributed by atoms with E-state index in [1.54, 1.807) is 13.2 Å². The number of methoxy groups -OCH3 is 1. The summed E-state index contributed by atoms with van der Waals surface area (Å²) in [7, 11) is 1.59. The molecule has 7 heteroatoms. The molecular weight excluding hydrogens is 492 g/mol. The number of allylic oxidation sites excluding steroid dienone is 6. The quantitative estimate of drug-likeness (QED) is 0.312. The molecule has 1 aliphatic heterocycles. The second kappa shape index (κ2) is 11.8. The molecule has 3 aliphatic carbocycles. The molecule has 7 nitrogen and oxygen atoms in total. The number of piperidine rings is 1. The number of ether oxygens (including phenoxy) is 3. The Labute approximate surface area is 230 Å². The highest BCUT2D eigenvalue weighted by atomic mass is 16.5. The minimum absolute atomic E-state index is 0.0576. The maximum Gasteiger partial charge on any atom is 0.223 e. The standard InChI is InChI=1S/C32H38N2O5/c1-4-38-16-6-15-34-29(36)13-14-32(39-21-33-20-23-11-9-22(2)10-12-23)25-8-5-7-24-17-26(37-3)19-28(35)30(31(32)34)27(24)18-25/h5,7-12,17-19,31,33,35H,4,6,13-16,20-21H2,1-3H3. The fourth-order valence-electron chi connectivity index (χ4n) is 5.92. The van der Waals surface area contributed by atoms with Crippen molar-refractivity contribution in [1.82, 2.24) is 10.2 Å². The summed E-state index contributed by atoms with van der Waals surface area (Å²) in [6, 6.07) is 7.93. The second-order valence-corrected chi connectivity index (χ2v) is 10.3. The normalized spacial score (nSPS) is 23.8. The molecule has 1 fully saturated rings. The van der Waals surface area contributed by atoms with Crippen molar-refractivity contribution in [2.45, 2.75) is 51.3 Å². The number of amides is 1. The van der Waals surface area contributed by atoms with Crippen LogP contribution in [0.1, 0.15) is 37.3 Å².